The summed E-state index contributed by atoms with van der Waals surface area (Å²) in [6.45, 7) is 5.98. The molecule has 0 bridgehead atoms. The lowest BCUT2D eigenvalue weighted by Crippen LogP contribution is -2.22. The lowest BCUT2D eigenvalue weighted by atomic mass is 9.92. The third-order valence-corrected chi connectivity index (χ3v) is 3.30. The zero-order valence-electron chi connectivity index (χ0n) is 11.9. The van der Waals surface area contributed by atoms with Crippen LogP contribution < -0.4 is 0 Å². The average molecular weight is 274 g/mol. The summed E-state index contributed by atoms with van der Waals surface area (Å²) < 4.78 is 10.1. The van der Waals surface area contributed by atoms with Crippen LogP contribution in [0.15, 0.2) is 23.8 Å². The molecule has 0 amide bonds. The molecule has 0 fully saturated rings. The van der Waals surface area contributed by atoms with Gasteiger partial charge in [0.2, 0.25) is 0 Å². The van der Waals surface area contributed by atoms with E-state index in [9.17, 15) is 9.59 Å². The Balaban J connectivity index is 2.45. The minimum absolute atomic E-state index is 0.279. The number of fused-ring (bicyclic) bond motifs is 1. The van der Waals surface area contributed by atoms with Crippen molar-refractivity contribution >= 4 is 18.0 Å². The molecule has 0 heterocycles. The van der Waals surface area contributed by atoms with Gasteiger partial charge in [-0.3, -0.25) is 4.79 Å². The Morgan fingerprint density at radius 2 is 1.85 bits per heavy atom. The number of benzene rings is 1. The van der Waals surface area contributed by atoms with Gasteiger partial charge in [0, 0.05) is 0 Å². The van der Waals surface area contributed by atoms with E-state index in [1.165, 1.54) is 0 Å². The summed E-state index contributed by atoms with van der Waals surface area (Å²) in [4.78, 5) is 24.3. The Kier molecular flexibility index (Phi) is 4.23. The van der Waals surface area contributed by atoms with Crippen molar-refractivity contribution in [3.63, 3.8) is 0 Å². The van der Waals surface area contributed by atoms with Crippen LogP contribution >= 0.6 is 0 Å². The summed E-state index contributed by atoms with van der Waals surface area (Å²) in [6.07, 6.45) is 1.72. The molecule has 4 heteroatoms. The lowest BCUT2D eigenvalue weighted by molar-refractivity contribution is -0.147. The van der Waals surface area contributed by atoms with Crippen molar-refractivity contribution in [2.75, 3.05) is 13.2 Å². The molecule has 0 spiro atoms. The van der Waals surface area contributed by atoms with Gasteiger partial charge in [0.1, 0.15) is 5.92 Å². The highest BCUT2D eigenvalue weighted by Gasteiger charge is 2.37. The smallest absolute Gasteiger partial charge is 0.335 e. The molecule has 106 valence electrons. The topological polar surface area (TPSA) is 52.6 Å². The summed E-state index contributed by atoms with van der Waals surface area (Å²) >= 11 is 0. The highest BCUT2D eigenvalue weighted by molar-refractivity contribution is 6.06. The largest absolute Gasteiger partial charge is 0.465 e. The van der Waals surface area contributed by atoms with Crippen LogP contribution in [0.3, 0.4) is 0 Å². The van der Waals surface area contributed by atoms with E-state index in [1.807, 2.05) is 25.1 Å². The first kappa shape index (κ1) is 14.3. The third kappa shape index (κ3) is 2.46. The molecule has 20 heavy (non-hydrogen) atoms. The van der Waals surface area contributed by atoms with E-state index in [2.05, 4.69) is 0 Å². The van der Waals surface area contributed by atoms with Crippen molar-refractivity contribution in [1.82, 2.24) is 0 Å². The predicted molar refractivity (Wildman–Crippen MR) is 75.2 cm³/mol. The third-order valence-electron chi connectivity index (χ3n) is 3.30. The van der Waals surface area contributed by atoms with Gasteiger partial charge < -0.3 is 9.47 Å². The van der Waals surface area contributed by atoms with Crippen LogP contribution in [0, 0.1) is 6.92 Å². The Morgan fingerprint density at radius 3 is 2.50 bits per heavy atom. The van der Waals surface area contributed by atoms with E-state index in [0.717, 1.165) is 16.7 Å². The van der Waals surface area contributed by atoms with E-state index < -0.39 is 17.9 Å². The quantitative estimate of drug-likeness (QED) is 0.792. The van der Waals surface area contributed by atoms with Gasteiger partial charge in [-0.25, -0.2) is 4.79 Å². The van der Waals surface area contributed by atoms with Gasteiger partial charge >= 0.3 is 11.9 Å². The second-order valence-corrected chi connectivity index (χ2v) is 4.58. The summed E-state index contributed by atoms with van der Waals surface area (Å²) in [5.41, 5.74) is 3.05. The van der Waals surface area contributed by atoms with Crippen molar-refractivity contribution < 1.29 is 19.1 Å². The molecule has 1 aromatic rings. The van der Waals surface area contributed by atoms with E-state index in [1.54, 1.807) is 19.9 Å². The molecule has 0 saturated carbocycles. The van der Waals surface area contributed by atoms with Crippen LogP contribution in [-0.4, -0.2) is 25.2 Å². The Bertz CT molecular complexity index is 572. The summed E-state index contributed by atoms with van der Waals surface area (Å²) in [7, 11) is 0. The van der Waals surface area contributed by atoms with Gasteiger partial charge in [-0.2, -0.15) is 0 Å². The molecule has 1 atom stereocenters. The molecule has 1 aromatic carbocycles. The number of ether oxygens (including phenoxy) is 2. The van der Waals surface area contributed by atoms with Crippen LogP contribution in [0.2, 0.25) is 0 Å². The number of rotatable bonds is 4. The molecular formula is C16H18O4. The highest BCUT2D eigenvalue weighted by Crippen LogP contribution is 2.39. The van der Waals surface area contributed by atoms with Crippen LogP contribution in [0.25, 0.3) is 6.08 Å². The molecule has 1 aliphatic rings. The Hall–Kier alpha value is -2.10. The summed E-state index contributed by atoms with van der Waals surface area (Å²) in [6, 6.07) is 5.72. The minimum Gasteiger partial charge on any atom is -0.465 e. The molecule has 2 rings (SSSR count). The molecule has 0 aliphatic heterocycles. The Morgan fingerprint density at radius 1 is 1.15 bits per heavy atom. The average Bonchev–Trinajstić information content (AvgIpc) is 2.80. The van der Waals surface area contributed by atoms with E-state index in [0.29, 0.717) is 5.57 Å². The fraction of sp³-hybridized carbons (Fsp3) is 0.375. The zero-order chi connectivity index (χ0) is 14.7. The first-order chi connectivity index (χ1) is 9.60. The van der Waals surface area contributed by atoms with Crippen molar-refractivity contribution in [2.45, 2.75) is 26.7 Å². The van der Waals surface area contributed by atoms with E-state index in [-0.39, 0.29) is 13.2 Å². The number of aryl methyl sites for hydroxylation is 1. The predicted octanol–water partition coefficient (Wildman–Crippen LogP) is 2.60. The van der Waals surface area contributed by atoms with Crippen molar-refractivity contribution in [3.05, 3.63) is 40.5 Å². The normalized spacial score (nSPS) is 16.4. The number of hydrogen-bond acceptors (Lipinski definition) is 4. The SMILES string of the molecule is CCOC(=O)C1=Cc2cccc(C)c2C1C(=O)OCC. The number of hydrogen-bond donors (Lipinski definition) is 0. The zero-order valence-corrected chi connectivity index (χ0v) is 11.9. The first-order valence-corrected chi connectivity index (χ1v) is 6.75. The molecule has 0 N–H and O–H groups in total. The fourth-order valence-corrected chi connectivity index (χ4v) is 2.49. The fourth-order valence-electron chi connectivity index (χ4n) is 2.49. The summed E-state index contributed by atoms with van der Waals surface area (Å²) in [5, 5.41) is 0. The molecule has 0 radical (unpaired) electrons. The summed E-state index contributed by atoms with van der Waals surface area (Å²) in [5.74, 6) is -1.54. The molecular weight excluding hydrogens is 256 g/mol. The second kappa shape index (κ2) is 5.90. The van der Waals surface area contributed by atoms with Crippen molar-refractivity contribution in [3.8, 4) is 0 Å². The van der Waals surface area contributed by atoms with Gasteiger partial charge in [0.05, 0.1) is 18.8 Å². The maximum Gasteiger partial charge on any atom is 0.335 e. The highest BCUT2D eigenvalue weighted by atomic mass is 16.5. The van der Waals surface area contributed by atoms with E-state index in [4.69, 9.17) is 9.47 Å². The molecule has 1 unspecified atom stereocenters. The molecule has 1 aliphatic carbocycles. The second-order valence-electron chi connectivity index (χ2n) is 4.58. The monoisotopic (exact) mass is 274 g/mol. The maximum absolute atomic E-state index is 12.2. The number of carbonyl (C=O) groups is 2. The van der Waals surface area contributed by atoms with Gasteiger partial charge in [-0.15, -0.1) is 0 Å². The van der Waals surface area contributed by atoms with Crippen molar-refractivity contribution in [2.24, 2.45) is 0 Å². The van der Waals surface area contributed by atoms with E-state index >= 15 is 0 Å². The number of carbonyl (C=O) groups excluding carboxylic acids is 2. The van der Waals surface area contributed by atoms with Crippen molar-refractivity contribution in [1.29, 1.82) is 0 Å². The standard InChI is InChI=1S/C16H18O4/c1-4-19-15(17)12-9-11-8-6-7-10(3)13(11)14(12)16(18)20-5-2/h6-9,14H,4-5H2,1-3H3. The van der Waals surface area contributed by atoms with Crippen LogP contribution in [0.4, 0.5) is 0 Å². The van der Waals surface area contributed by atoms with Gasteiger partial charge in [0.25, 0.3) is 0 Å². The molecule has 0 aromatic heterocycles. The lowest BCUT2D eigenvalue weighted by Gasteiger charge is -2.16. The van der Waals surface area contributed by atoms with Crippen LogP contribution in [-0.2, 0) is 19.1 Å². The first-order valence-electron chi connectivity index (χ1n) is 6.75. The molecule has 4 nitrogen and oxygen atoms in total. The molecule has 0 saturated heterocycles. The van der Waals surface area contributed by atoms with Crippen LogP contribution in [0.5, 0.6) is 0 Å². The van der Waals surface area contributed by atoms with Gasteiger partial charge in [-0.1, -0.05) is 18.2 Å². The number of esters is 2. The maximum atomic E-state index is 12.2. The van der Waals surface area contributed by atoms with Gasteiger partial charge in [-0.05, 0) is 43.5 Å². The Labute approximate surface area is 118 Å². The minimum atomic E-state index is -0.676. The van der Waals surface area contributed by atoms with Gasteiger partial charge in [0.15, 0.2) is 0 Å². The van der Waals surface area contributed by atoms with Crippen LogP contribution in [0.1, 0.15) is 36.5 Å².